The fourth-order valence-electron chi connectivity index (χ4n) is 2.56. The summed E-state index contributed by atoms with van der Waals surface area (Å²) in [6, 6.07) is 8.61. The normalized spacial score (nSPS) is 13.6. The molecule has 1 aromatic carbocycles. The van der Waals surface area contributed by atoms with Gasteiger partial charge in [-0.1, -0.05) is 18.2 Å². The molecule has 3 rings (SSSR count). The molecule has 0 saturated carbocycles. The Morgan fingerprint density at radius 2 is 2.06 bits per heavy atom. The van der Waals surface area contributed by atoms with E-state index in [2.05, 4.69) is 22.8 Å². The van der Waals surface area contributed by atoms with Gasteiger partial charge in [0.15, 0.2) is 6.29 Å². The molecule has 2 aromatic rings. The van der Waals surface area contributed by atoms with Gasteiger partial charge in [0, 0.05) is 24.5 Å². The zero-order valence-electron chi connectivity index (χ0n) is 9.73. The largest absolute Gasteiger partial charge is 0.349 e. The van der Waals surface area contributed by atoms with Crippen molar-refractivity contribution in [2.75, 3.05) is 0 Å². The number of aldehydes is 1. The minimum Gasteiger partial charge on any atom is -0.349 e. The first-order chi connectivity index (χ1) is 8.35. The summed E-state index contributed by atoms with van der Waals surface area (Å²) in [5.41, 5.74) is 5.07. The van der Waals surface area contributed by atoms with Crippen molar-refractivity contribution >= 4 is 6.29 Å². The van der Waals surface area contributed by atoms with Crippen molar-refractivity contribution in [1.82, 2.24) is 4.57 Å². The maximum atomic E-state index is 10.6. The fourth-order valence-corrected chi connectivity index (χ4v) is 2.56. The van der Waals surface area contributed by atoms with Gasteiger partial charge in [0.05, 0.1) is 0 Å². The highest BCUT2D eigenvalue weighted by Gasteiger charge is 2.10. The smallest absolute Gasteiger partial charge is 0.151 e. The molecule has 0 amide bonds. The van der Waals surface area contributed by atoms with Crippen LogP contribution in [0.25, 0.3) is 0 Å². The first-order valence-corrected chi connectivity index (χ1v) is 6.07. The van der Waals surface area contributed by atoms with E-state index in [1.807, 2.05) is 18.5 Å². The van der Waals surface area contributed by atoms with Gasteiger partial charge >= 0.3 is 0 Å². The molecule has 0 N–H and O–H groups in total. The molecule has 2 nitrogen and oxygen atoms in total. The summed E-state index contributed by atoms with van der Waals surface area (Å²) in [7, 11) is 0. The zero-order chi connectivity index (χ0) is 11.7. The summed E-state index contributed by atoms with van der Waals surface area (Å²) < 4.78 is 2.06. The number of aromatic nitrogens is 1. The van der Waals surface area contributed by atoms with Gasteiger partial charge in [-0.2, -0.15) is 0 Å². The molecule has 0 saturated heterocycles. The van der Waals surface area contributed by atoms with Gasteiger partial charge in [0.25, 0.3) is 0 Å². The van der Waals surface area contributed by atoms with E-state index in [0.717, 1.165) is 18.4 Å². The first-order valence-electron chi connectivity index (χ1n) is 6.07. The molecule has 1 aliphatic rings. The maximum Gasteiger partial charge on any atom is 0.151 e. The van der Waals surface area contributed by atoms with Crippen LogP contribution in [0.4, 0.5) is 0 Å². The predicted octanol–water partition coefficient (Wildman–Crippen LogP) is 2.84. The van der Waals surface area contributed by atoms with Gasteiger partial charge < -0.3 is 4.57 Å². The van der Waals surface area contributed by atoms with Crippen molar-refractivity contribution < 1.29 is 4.79 Å². The number of carbonyl (C=O) groups excluding carboxylic acids is 1. The molecular weight excluding hydrogens is 210 g/mol. The van der Waals surface area contributed by atoms with Gasteiger partial charge in [-0.3, -0.25) is 4.79 Å². The highest BCUT2D eigenvalue weighted by Crippen LogP contribution is 2.23. The Hall–Kier alpha value is -1.83. The van der Waals surface area contributed by atoms with E-state index in [4.69, 9.17) is 0 Å². The monoisotopic (exact) mass is 225 g/mol. The van der Waals surface area contributed by atoms with Crippen LogP contribution in [0.2, 0.25) is 0 Å². The molecule has 1 aliphatic carbocycles. The Bertz CT molecular complexity index is 554. The number of benzene rings is 1. The molecule has 1 heterocycles. The van der Waals surface area contributed by atoms with Gasteiger partial charge in [-0.05, 0) is 42.0 Å². The third-order valence-electron chi connectivity index (χ3n) is 3.44. The molecular formula is C15H15NO. The second kappa shape index (κ2) is 4.21. The summed E-state index contributed by atoms with van der Waals surface area (Å²) >= 11 is 0. The molecule has 86 valence electrons. The third-order valence-corrected chi connectivity index (χ3v) is 3.44. The summed E-state index contributed by atoms with van der Waals surface area (Å²) in [5.74, 6) is 0. The maximum absolute atomic E-state index is 10.6. The number of nitrogens with zero attached hydrogens (tertiary/aromatic N) is 1. The van der Waals surface area contributed by atoms with Crippen molar-refractivity contribution in [2.24, 2.45) is 0 Å². The lowest BCUT2D eigenvalue weighted by Gasteiger charge is -2.06. The highest BCUT2D eigenvalue weighted by atomic mass is 16.1. The Labute approximate surface area is 101 Å². The second-order valence-corrected chi connectivity index (χ2v) is 4.69. The summed E-state index contributed by atoms with van der Waals surface area (Å²) in [6.07, 6.45) is 8.47. The van der Waals surface area contributed by atoms with E-state index < -0.39 is 0 Å². The number of carbonyl (C=O) groups is 1. The van der Waals surface area contributed by atoms with Crippen LogP contribution in [0.1, 0.15) is 33.5 Å². The zero-order valence-corrected chi connectivity index (χ0v) is 9.73. The first kappa shape index (κ1) is 10.3. The Balaban J connectivity index is 1.83. The lowest BCUT2D eigenvalue weighted by molar-refractivity contribution is 0.112. The van der Waals surface area contributed by atoms with E-state index in [1.54, 1.807) is 0 Å². The van der Waals surface area contributed by atoms with Crippen molar-refractivity contribution in [2.45, 2.75) is 25.8 Å². The number of rotatable bonds is 3. The topological polar surface area (TPSA) is 22.0 Å². The molecule has 0 bridgehead atoms. The molecule has 0 radical (unpaired) electrons. The standard InChI is InChI=1S/C15H15NO/c17-11-13-6-7-16(10-13)9-12-4-5-14-2-1-3-15(14)8-12/h4-8,10-11H,1-3,9H2. The van der Waals surface area contributed by atoms with Crippen LogP contribution in [-0.4, -0.2) is 10.9 Å². The van der Waals surface area contributed by atoms with Crippen LogP contribution < -0.4 is 0 Å². The van der Waals surface area contributed by atoms with E-state index in [9.17, 15) is 4.79 Å². The van der Waals surface area contributed by atoms with Crippen LogP contribution in [-0.2, 0) is 19.4 Å². The van der Waals surface area contributed by atoms with E-state index in [0.29, 0.717) is 0 Å². The predicted molar refractivity (Wildman–Crippen MR) is 67.4 cm³/mol. The van der Waals surface area contributed by atoms with Crippen LogP contribution in [0, 0.1) is 0 Å². The van der Waals surface area contributed by atoms with Crippen molar-refractivity contribution in [3.63, 3.8) is 0 Å². The molecule has 0 atom stereocenters. The Morgan fingerprint density at radius 1 is 1.18 bits per heavy atom. The summed E-state index contributed by atoms with van der Waals surface area (Å²) in [4.78, 5) is 10.6. The van der Waals surface area contributed by atoms with Crippen molar-refractivity contribution in [3.8, 4) is 0 Å². The number of hydrogen-bond donors (Lipinski definition) is 0. The summed E-state index contributed by atoms with van der Waals surface area (Å²) in [5, 5.41) is 0. The van der Waals surface area contributed by atoms with E-state index in [1.165, 1.54) is 36.0 Å². The lowest BCUT2D eigenvalue weighted by Crippen LogP contribution is -1.97. The number of aryl methyl sites for hydroxylation is 2. The van der Waals surface area contributed by atoms with Gasteiger partial charge in [0.1, 0.15) is 0 Å². The van der Waals surface area contributed by atoms with Gasteiger partial charge in [-0.15, -0.1) is 0 Å². The number of hydrogen-bond acceptors (Lipinski definition) is 1. The van der Waals surface area contributed by atoms with Crippen LogP contribution >= 0.6 is 0 Å². The van der Waals surface area contributed by atoms with Gasteiger partial charge in [0.2, 0.25) is 0 Å². The van der Waals surface area contributed by atoms with Crippen molar-refractivity contribution in [1.29, 1.82) is 0 Å². The average molecular weight is 225 g/mol. The molecule has 0 spiro atoms. The molecule has 17 heavy (non-hydrogen) atoms. The lowest BCUT2D eigenvalue weighted by atomic mass is 10.1. The highest BCUT2D eigenvalue weighted by molar-refractivity contribution is 5.74. The molecule has 2 heteroatoms. The fraction of sp³-hybridized carbons (Fsp3) is 0.267. The van der Waals surface area contributed by atoms with E-state index >= 15 is 0 Å². The Morgan fingerprint density at radius 3 is 2.88 bits per heavy atom. The SMILES string of the molecule is O=Cc1ccn(Cc2ccc3c(c2)CCC3)c1. The van der Waals surface area contributed by atoms with Crippen LogP contribution in [0.3, 0.4) is 0 Å². The average Bonchev–Trinajstić information content (AvgIpc) is 2.96. The minimum absolute atomic E-state index is 0.742. The van der Waals surface area contributed by atoms with Gasteiger partial charge in [-0.25, -0.2) is 0 Å². The van der Waals surface area contributed by atoms with E-state index in [-0.39, 0.29) is 0 Å². The second-order valence-electron chi connectivity index (χ2n) is 4.69. The van der Waals surface area contributed by atoms with Crippen LogP contribution in [0.5, 0.6) is 0 Å². The summed E-state index contributed by atoms with van der Waals surface area (Å²) in [6.45, 7) is 0.848. The third kappa shape index (κ3) is 2.03. The number of fused-ring (bicyclic) bond motifs is 1. The quantitative estimate of drug-likeness (QED) is 0.736. The molecule has 0 unspecified atom stereocenters. The molecule has 0 aliphatic heterocycles. The Kier molecular flexibility index (Phi) is 2.56. The van der Waals surface area contributed by atoms with Crippen LogP contribution in [0.15, 0.2) is 36.7 Å². The minimum atomic E-state index is 0.742. The molecule has 1 aromatic heterocycles. The van der Waals surface area contributed by atoms with Crippen molar-refractivity contribution in [3.05, 3.63) is 58.9 Å². The molecule has 0 fully saturated rings.